The summed E-state index contributed by atoms with van der Waals surface area (Å²) >= 11 is 6.74. The molecule has 0 heterocycles. The zero-order valence-corrected chi connectivity index (χ0v) is 13.0. The smallest absolute Gasteiger partial charge is 0.252 e. The van der Waals surface area contributed by atoms with Gasteiger partial charge >= 0.3 is 0 Å². The first kappa shape index (κ1) is 14.0. The molecule has 0 spiro atoms. The molecule has 5 heteroatoms. The molecule has 1 aliphatic carbocycles. The average molecular weight is 377 g/mol. The van der Waals surface area contributed by atoms with Crippen LogP contribution in [0.25, 0.3) is 0 Å². The van der Waals surface area contributed by atoms with E-state index in [4.69, 9.17) is 0 Å². The van der Waals surface area contributed by atoms with Crippen LogP contribution >= 0.6 is 31.9 Å². The van der Waals surface area contributed by atoms with Gasteiger partial charge in [-0.25, -0.2) is 0 Å². The number of rotatable bonds is 3. The molecule has 0 saturated heterocycles. The van der Waals surface area contributed by atoms with Crippen molar-refractivity contribution in [2.45, 2.75) is 25.3 Å². The molecule has 98 valence electrons. The van der Waals surface area contributed by atoms with Gasteiger partial charge in [0.25, 0.3) is 5.91 Å². The van der Waals surface area contributed by atoms with E-state index in [0.717, 1.165) is 28.2 Å². The summed E-state index contributed by atoms with van der Waals surface area (Å²) in [5, 5.41) is 12.3. The van der Waals surface area contributed by atoms with E-state index in [2.05, 4.69) is 37.2 Å². The molecule has 2 atom stereocenters. The maximum Gasteiger partial charge on any atom is 0.252 e. The number of aliphatic hydroxyl groups excluding tert-OH is 1. The lowest BCUT2D eigenvalue weighted by molar-refractivity contribution is 0.0915. The summed E-state index contributed by atoms with van der Waals surface area (Å²) in [6.45, 7) is 0.143. The largest absolute Gasteiger partial charge is 0.396 e. The minimum Gasteiger partial charge on any atom is -0.396 e. The minimum atomic E-state index is -0.0893. The highest BCUT2D eigenvalue weighted by Crippen LogP contribution is 2.26. The molecule has 3 nitrogen and oxygen atoms in total. The summed E-state index contributed by atoms with van der Waals surface area (Å²) in [5.74, 6) is 0.105. The molecule has 0 radical (unpaired) electrons. The van der Waals surface area contributed by atoms with Gasteiger partial charge in [-0.3, -0.25) is 4.79 Å². The monoisotopic (exact) mass is 375 g/mol. The van der Waals surface area contributed by atoms with E-state index in [1.807, 2.05) is 12.1 Å². The van der Waals surface area contributed by atoms with Crippen LogP contribution in [0.5, 0.6) is 0 Å². The van der Waals surface area contributed by atoms with Crippen molar-refractivity contribution in [1.29, 1.82) is 0 Å². The molecule has 1 saturated carbocycles. The van der Waals surface area contributed by atoms with Crippen molar-refractivity contribution >= 4 is 37.8 Å². The second-order valence-electron chi connectivity index (χ2n) is 4.58. The first-order valence-electron chi connectivity index (χ1n) is 5.98. The quantitative estimate of drug-likeness (QED) is 0.851. The molecule has 2 rings (SSSR count). The van der Waals surface area contributed by atoms with Crippen LogP contribution in [0, 0.1) is 5.92 Å². The van der Waals surface area contributed by atoms with Crippen molar-refractivity contribution in [3.05, 3.63) is 32.7 Å². The minimum absolute atomic E-state index is 0.0893. The number of amides is 1. The molecule has 0 bridgehead atoms. The number of hydrogen-bond donors (Lipinski definition) is 2. The van der Waals surface area contributed by atoms with E-state index >= 15 is 0 Å². The average Bonchev–Trinajstić information content (AvgIpc) is 2.79. The second kappa shape index (κ2) is 6.17. The molecule has 2 N–H and O–H groups in total. The van der Waals surface area contributed by atoms with Crippen molar-refractivity contribution in [1.82, 2.24) is 5.32 Å². The maximum absolute atomic E-state index is 12.2. The van der Waals surface area contributed by atoms with Gasteiger partial charge in [-0.15, -0.1) is 0 Å². The number of benzene rings is 1. The first-order valence-corrected chi connectivity index (χ1v) is 7.57. The zero-order valence-electron chi connectivity index (χ0n) is 9.83. The van der Waals surface area contributed by atoms with Crippen LogP contribution in [0.15, 0.2) is 27.1 Å². The predicted molar refractivity (Wildman–Crippen MR) is 77.5 cm³/mol. The second-order valence-corrected chi connectivity index (χ2v) is 6.35. The van der Waals surface area contributed by atoms with E-state index in [1.165, 1.54) is 0 Å². The van der Waals surface area contributed by atoms with Crippen molar-refractivity contribution in [3.8, 4) is 0 Å². The summed E-state index contributed by atoms with van der Waals surface area (Å²) < 4.78 is 1.66. The molecule has 1 aromatic rings. The lowest BCUT2D eigenvalue weighted by Crippen LogP contribution is -2.38. The normalized spacial score (nSPS) is 23.1. The molecule has 1 amide bonds. The summed E-state index contributed by atoms with van der Waals surface area (Å²) in [6.07, 6.45) is 3.00. The van der Waals surface area contributed by atoms with Gasteiger partial charge in [-0.1, -0.05) is 22.4 Å². The van der Waals surface area contributed by atoms with E-state index < -0.39 is 0 Å². The van der Waals surface area contributed by atoms with Gasteiger partial charge in [0.2, 0.25) is 0 Å². The lowest BCUT2D eigenvalue weighted by atomic mass is 10.0. The molecule has 0 aromatic heterocycles. The van der Waals surface area contributed by atoms with Crippen molar-refractivity contribution in [2.24, 2.45) is 5.92 Å². The van der Waals surface area contributed by atoms with Gasteiger partial charge < -0.3 is 10.4 Å². The third-order valence-corrected chi connectivity index (χ3v) is 4.57. The third-order valence-electron chi connectivity index (χ3n) is 3.38. The summed E-state index contributed by atoms with van der Waals surface area (Å²) in [7, 11) is 0. The first-order chi connectivity index (χ1) is 8.61. The Morgan fingerprint density at radius 2 is 2.17 bits per heavy atom. The van der Waals surface area contributed by atoms with Crippen LogP contribution in [-0.4, -0.2) is 23.7 Å². The van der Waals surface area contributed by atoms with E-state index in [9.17, 15) is 9.90 Å². The predicted octanol–water partition coefficient (Wildman–Crippen LogP) is 3.10. The van der Waals surface area contributed by atoms with E-state index in [0.29, 0.717) is 5.56 Å². The van der Waals surface area contributed by atoms with Crippen LogP contribution in [0.3, 0.4) is 0 Å². The molecular formula is C13H15Br2NO2. The highest BCUT2D eigenvalue weighted by atomic mass is 79.9. The van der Waals surface area contributed by atoms with E-state index in [1.54, 1.807) is 6.07 Å². The van der Waals surface area contributed by atoms with Crippen molar-refractivity contribution in [3.63, 3.8) is 0 Å². The van der Waals surface area contributed by atoms with Gasteiger partial charge in [0.1, 0.15) is 0 Å². The standard InChI is InChI=1S/C13H15Br2NO2/c14-9-4-5-11(15)10(6-9)13(18)16-12-3-1-2-8(12)7-17/h4-6,8,12,17H,1-3,7H2,(H,16,18). The van der Waals surface area contributed by atoms with Gasteiger partial charge in [0, 0.05) is 27.5 Å². The van der Waals surface area contributed by atoms with Gasteiger partial charge in [0.05, 0.1) is 5.56 Å². The fraction of sp³-hybridized carbons (Fsp3) is 0.462. The van der Waals surface area contributed by atoms with Crippen LogP contribution in [-0.2, 0) is 0 Å². The Kier molecular flexibility index (Phi) is 4.81. The van der Waals surface area contributed by atoms with Crippen LogP contribution < -0.4 is 5.32 Å². The summed E-state index contributed by atoms with van der Waals surface area (Å²) in [4.78, 5) is 12.2. The number of carbonyl (C=O) groups is 1. The fourth-order valence-corrected chi connectivity index (χ4v) is 3.15. The van der Waals surface area contributed by atoms with Crippen LogP contribution in [0.4, 0.5) is 0 Å². The molecular weight excluding hydrogens is 362 g/mol. The van der Waals surface area contributed by atoms with Gasteiger partial charge in [-0.2, -0.15) is 0 Å². The molecule has 1 aliphatic rings. The highest BCUT2D eigenvalue weighted by Gasteiger charge is 2.28. The van der Waals surface area contributed by atoms with Gasteiger partial charge in [0.15, 0.2) is 0 Å². The Hall–Kier alpha value is -0.390. The number of halogens is 2. The molecule has 1 aromatic carbocycles. The Morgan fingerprint density at radius 1 is 1.39 bits per heavy atom. The number of aliphatic hydroxyl groups is 1. The summed E-state index contributed by atoms with van der Waals surface area (Å²) in [5.41, 5.74) is 0.618. The van der Waals surface area contributed by atoms with Gasteiger partial charge in [-0.05, 0) is 47.0 Å². The number of nitrogens with one attached hydrogen (secondary N) is 1. The zero-order chi connectivity index (χ0) is 13.1. The molecule has 1 fully saturated rings. The van der Waals surface area contributed by atoms with Crippen molar-refractivity contribution < 1.29 is 9.90 Å². The van der Waals surface area contributed by atoms with Crippen LogP contribution in [0.2, 0.25) is 0 Å². The third kappa shape index (κ3) is 3.13. The Balaban J connectivity index is 2.09. The Bertz CT molecular complexity index is 451. The number of carbonyl (C=O) groups excluding carboxylic acids is 1. The number of hydrogen-bond acceptors (Lipinski definition) is 2. The lowest BCUT2D eigenvalue weighted by Gasteiger charge is -2.19. The van der Waals surface area contributed by atoms with E-state index in [-0.39, 0.29) is 24.5 Å². The SMILES string of the molecule is O=C(NC1CCCC1CO)c1cc(Br)ccc1Br. The summed E-state index contributed by atoms with van der Waals surface area (Å²) in [6, 6.07) is 5.61. The fourth-order valence-electron chi connectivity index (χ4n) is 2.36. The molecule has 2 unspecified atom stereocenters. The van der Waals surface area contributed by atoms with Crippen molar-refractivity contribution in [2.75, 3.05) is 6.61 Å². The highest BCUT2D eigenvalue weighted by molar-refractivity contribution is 9.11. The Morgan fingerprint density at radius 3 is 2.89 bits per heavy atom. The topological polar surface area (TPSA) is 49.3 Å². The Labute approximate surface area is 123 Å². The van der Waals surface area contributed by atoms with Crippen LogP contribution in [0.1, 0.15) is 29.6 Å². The maximum atomic E-state index is 12.2. The molecule has 18 heavy (non-hydrogen) atoms. The molecule has 0 aliphatic heterocycles.